The van der Waals surface area contributed by atoms with E-state index in [1.54, 1.807) is 0 Å². The molecule has 1 fully saturated rings. The predicted octanol–water partition coefficient (Wildman–Crippen LogP) is 0.886. The van der Waals surface area contributed by atoms with Crippen molar-refractivity contribution in [3.8, 4) is 0 Å². The van der Waals surface area contributed by atoms with Crippen LogP contribution in [-0.4, -0.2) is 37.1 Å². The largest absolute Gasteiger partial charge is 0.330 e. The highest BCUT2D eigenvalue weighted by Crippen LogP contribution is 2.39. The maximum Gasteiger partial charge on any atom is 0.0178 e. The van der Waals surface area contributed by atoms with E-state index in [0.29, 0.717) is 17.8 Å². The van der Waals surface area contributed by atoms with Crippen molar-refractivity contribution in [3.05, 3.63) is 0 Å². The molecule has 3 heteroatoms. The van der Waals surface area contributed by atoms with E-state index in [0.717, 1.165) is 13.1 Å². The molecule has 0 aromatic carbocycles. The average Bonchev–Trinajstić information content (AvgIpc) is 2.20. The van der Waals surface area contributed by atoms with Gasteiger partial charge in [-0.25, -0.2) is 0 Å². The van der Waals surface area contributed by atoms with Gasteiger partial charge in [-0.15, -0.1) is 0 Å². The van der Waals surface area contributed by atoms with Gasteiger partial charge in [0.05, 0.1) is 0 Å². The number of piperidine rings is 1. The summed E-state index contributed by atoms with van der Waals surface area (Å²) in [5.41, 5.74) is 11.9. The molecule has 0 saturated carbocycles. The topological polar surface area (TPSA) is 55.3 Å². The Bertz CT molecular complexity index is 199. The second kappa shape index (κ2) is 4.81. The highest BCUT2D eigenvalue weighted by molar-refractivity contribution is 4.95. The van der Waals surface area contributed by atoms with Crippen LogP contribution < -0.4 is 11.5 Å². The molecule has 0 aromatic heterocycles. The summed E-state index contributed by atoms with van der Waals surface area (Å²) in [4.78, 5) is 2.46. The minimum absolute atomic E-state index is 0.269. The van der Waals surface area contributed by atoms with Crippen LogP contribution in [0.1, 0.15) is 27.2 Å². The summed E-state index contributed by atoms with van der Waals surface area (Å²) in [6.07, 6.45) is 1.24. The summed E-state index contributed by atoms with van der Waals surface area (Å²) in [5, 5.41) is 0. The van der Waals surface area contributed by atoms with E-state index in [2.05, 4.69) is 32.7 Å². The minimum atomic E-state index is 0.269. The molecule has 1 saturated heterocycles. The molecule has 0 aromatic rings. The lowest BCUT2D eigenvalue weighted by Gasteiger charge is -2.51. The first-order valence-corrected chi connectivity index (χ1v) is 6.06. The monoisotopic (exact) mass is 213 g/mol. The third-order valence-corrected chi connectivity index (χ3v) is 4.75. The number of nitrogens with zero attached hydrogens (tertiary/aromatic N) is 1. The van der Waals surface area contributed by atoms with Crippen LogP contribution in [-0.2, 0) is 0 Å². The summed E-state index contributed by atoms with van der Waals surface area (Å²) in [6.45, 7) is 9.62. The normalized spacial score (nSPS) is 32.2. The number of rotatable bonds is 3. The lowest BCUT2D eigenvalue weighted by atomic mass is 9.68. The van der Waals surface area contributed by atoms with E-state index in [-0.39, 0.29) is 5.54 Å². The first kappa shape index (κ1) is 12.9. The second-order valence-corrected chi connectivity index (χ2v) is 5.55. The summed E-state index contributed by atoms with van der Waals surface area (Å²) in [5.74, 6) is 1.84. The van der Waals surface area contributed by atoms with Crippen LogP contribution in [0.4, 0.5) is 0 Å². The van der Waals surface area contributed by atoms with Gasteiger partial charge < -0.3 is 16.4 Å². The molecule has 0 spiro atoms. The highest BCUT2D eigenvalue weighted by atomic mass is 15.2. The van der Waals surface area contributed by atoms with Crippen LogP contribution >= 0.6 is 0 Å². The van der Waals surface area contributed by atoms with Crippen molar-refractivity contribution in [2.75, 3.05) is 26.7 Å². The minimum Gasteiger partial charge on any atom is -0.330 e. The van der Waals surface area contributed by atoms with Crippen LogP contribution in [0.15, 0.2) is 0 Å². The van der Waals surface area contributed by atoms with E-state index in [4.69, 9.17) is 11.5 Å². The summed E-state index contributed by atoms with van der Waals surface area (Å²) in [6, 6.07) is 0. The van der Waals surface area contributed by atoms with Gasteiger partial charge in [-0.3, -0.25) is 0 Å². The van der Waals surface area contributed by atoms with E-state index >= 15 is 0 Å². The molecule has 0 radical (unpaired) electrons. The quantitative estimate of drug-likeness (QED) is 0.732. The Morgan fingerprint density at radius 2 is 1.87 bits per heavy atom. The zero-order valence-electron chi connectivity index (χ0n) is 10.7. The Kier molecular flexibility index (Phi) is 4.15. The molecule has 2 atom stereocenters. The second-order valence-electron chi connectivity index (χ2n) is 5.55. The fourth-order valence-electron chi connectivity index (χ4n) is 2.84. The van der Waals surface area contributed by atoms with E-state index in [1.165, 1.54) is 13.0 Å². The molecule has 90 valence electrons. The Morgan fingerprint density at radius 3 is 2.33 bits per heavy atom. The van der Waals surface area contributed by atoms with Gasteiger partial charge in [0.25, 0.3) is 0 Å². The SMILES string of the molecule is CC1C(C(CN)CN)CCN(C)C1(C)C. The molecule has 4 N–H and O–H groups in total. The zero-order chi connectivity index (χ0) is 11.6. The smallest absolute Gasteiger partial charge is 0.0178 e. The number of hydrogen-bond acceptors (Lipinski definition) is 3. The Labute approximate surface area is 94.2 Å². The van der Waals surface area contributed by atoms with E-state index in [1.807, 2.05) is 0 Å². The molecular formula is C12H27N3. The fourth-order valence-corrected chi connectivity index (χ4v) is 2.84. The first-order valence-electron chi connectivity index (χ1n) is 6.06. The lowest BCUT2D eigenvalue weighted by Crippen LogP contribution is -2.56. The molecule has 3 nitrogen and oxygen atoms in total. The van der Waals surface area contributed by atoms with Crippen LogP contribution in [0.25, 0.3) is 0 Å². The molecule has 1 rings (SSSR count). The lowest BCUT2D eigenvalue weighted by molar-refractivity contribution is -0.00613. The number of likely N-dealkylation sites (tertiary alicyclic amines) is 1. The molecular weight excluding hydrogens is 186 g/mol. The highest BCUT2D eigenvalue weighted by Gasteiger charge is 2.41. The van der Waals surface area contributed by atoms with Crippen molar-refractivity contribution in [2.45, 2.75) is 32.7 Å². The molecule has 1 heterocycles. The van der Waals surface area contributed by atoms with Gasteiger partial charge in [-0.1, -0.05) is 6.92 Å². The zero-order valence-corrected chi connectivity index (χ0v) is 10.7. The van der Waals surface area contributed by atoms with Gasteiger partial charge >= 0.3 is 0 Å². The fraction of sp³-hybridized carbons (Fsp3) is 1.00. The predicted molar refractivity (Wildman–Crippen MR) is 65.6 cm³/mol. The van der Waals surface area contributed by atoms with Gasteiger partial charge in [-0.05, 0) is 64.7 Å². The van der Waals surface area contributed by atoms with Crippen LogP contribution in [0, 0.1) is 17.8 Å². The molecule has 1 aliphatic heterocycles. The molecule has 2 unspecified atom stereocenters. The molecule has 0 amide bonds. The summed E-state index contributed by atoms with van der Waals surface area (Å²) < 4.78 is 0. The molecule has 0 bridgehead atoms. The summed E-state index contributed by atoms with van der Waals surface area (Å²) >= 11 is 0. The molecule has 1 aliphatic rings. The van der Waals surface area contributed by atoms with Crippen LogP contribution in [0.5, 0.6) is 0 Å². The van der Waals surface area contributed by atoms with Crippen LogP contribution in [0.2, 0.25) is 0 Å². The maximum atomic E-state index is 5.81. The molecule has 15 heavy (non-hydrogen) atoms. The van der Waals surface area contributed by atoms with Gasteiger partial charge in [0.2, 0.25) is 0 Å². The Balaban J connectivity index is 2.77. The van der Waals surface area contributed by atoms with Crippen molar-refractivity contribution in [2.24, 2.45) is 29.2 Å². The number of nitrogens with two attached hydrogens (primary N) is 2. The van der Waals surface area contributed by atoms with E-state index in [9.17, 15) is 0 Å². The van der Waals surface area contributed by atoms with Crippen LogP contribution in [0.3, 0.4) is 0 Å². The van der Waals surface area contributed by atoms with Gasteiger partial charge in [-0.2, -0.15) is 0 Å². The van der Waals surface area contributed by atoms with Crippen molar-refractivity contribution < 1.29 is 0 Å². The van der Waals surface area contributed by atoms with Crippen molar-refractivity contribution in [1.82, 2.24) is 4.90 Å². The van der Waals surface area contributed by atoms with Gasteiger partial charge in [0.15, 0.2) is 0 Å². The Morgan fingerprint density at radius 1 is 1.33 bits per heavy atom. The Hall–Kier alpha value is -0.120. The van der Waals surface area contributed by atoms with Gasteiger partial charge in [0, 0.05) is 5.54 Å². The van der Waals surface area contributed by atoms with Gasteiger partial charge in [0.1, 0.15) is 0 Å². The summed E-state index contributed by atoms with van der Waals surface area (Å²) in [7, 11) is 2.21. The number of hydrogen-bond donors (Lipinski definition) is 2. The van der Waals surface area contributed by atoms with Crippen molar-refractivity contribution in [1.29, 1.82) is 0 Å². The van der Waals surface area contributed by atoms with Crippen molar-refractivity contribution >= 4 is 0 Å². The third kappa shape index (κ3) is 2.35. The maximum absolute atomic E-state index is 5.81. The first-order chi connectivity index (χ1) is 6.95. The third-order valence-electron chi connectivity index (χ3n) is 4.75. The standard InChI is InChI=1S/C12H27N3/c1-9-11(10(7-13)8-14)5-6-15(4)12(9,2)3/h9-11H,5-8,13-14H2,1-4H3. The average molecular weight is 213 g/mol. The van der Waals surface area contributed by atoms with Crippen molar-refractivity contribution in [3.63, 3.8) is 0 Å². The van der Waals surface area contributed by atoms with E-state index < -0.39 is 0 Å². The molecule has 0 aliphatic carbocycles.